The Kier molecular flexibility index (Phi) is 4.16. The van der Waals surface area contributed by atoms with Gasteiger partial charge in [0.2, 0.25) is 0 Å². The first kappa shape index (κ1) is 19.6. The van der Waals surface area contributed by atoms with E-state index < -0.39 is 53.0 Å². The molecule has 152 valence electrons. The van der Waals surface area contributed by atoms with Gasteiger partial charge >= 0.3 is 0 Å². The van der Waals surface area contributed by atoms with Crippen molar-refractivity contribution in [3.05, 3.63) is 36.0 Å². The van der Waals surface area contributed by atoms with Crippen LogP contribution in [0.15, 0.2) is 36.0 Å². The van der Waals surface area contributed by atoms with Gasteiger partial charge in [-0.3, -0.25) is 9.59 Å². The van der Waals surface area contributed by atoms with E-state index in [1.165, 1.54) is 12.2 Å². The van der Waals surface area contributed by atoms with Crippen LogP contribution in [-0.2, 0) is 9.59 Å². The minimum atomic E-state index is -2.15. The number of fused-ring (bicyclic) bond motifs is 5. The van der Waals surface area contributed by atoms with E-state index in [4.69, 9.17) is 0 Å². The van der Waals surface area contributed by atoms with Gasteiger partial charge in [-0.25, -0.2) is 8.78 Å². The van der Waals surface area contributed by atoms with Crippen molar-refractivity contribution in [1.82, 2.24) is 0 Å². The number of halogens is 2. The lowest BCUT2D eigenvalue weighted by molar-refractivity contribution is -0.202. The van der Waals surface area contributed by atoms with E-state index in [2.05, 4.69) is 6.58 Å². The topological polar surface area (TPSA) is 74.6 Å². The van der Waals surface area contributed by atoms with Crippen molar-refractivity contribution in [2.45, 2.75) is 51.1 Å². The molecule has 3 fully saturated rings. The molecule has 0 aromatic heterocycles. The summed E-state index contributed by atoms with van der Waals surface area (Å²) in [6.07, 6.45) is 1.10. The summed E-state index contributed by atoms with van der Waals surface area (Å²) in [5, 5.41) is 20.4. The van der Waals surface area contributed by atoms with E-state index >= 15 is 8.78 Å². The number of aliphatic hydroxyl groups is 2. The Morgan fingerprint density at radius 3 is 2.68 bits per heavy atom. The van der Waals surface area contributed by atoms with E-state index in [1.54, 1.807) is 6.92 Å². The highest BCUT2D eigenvalue weighted by atomic mass is 19.1. The fourth-order valence-electron chi connectivity index (χ4n) is 6.85. The summed E-state index contributed by atoms with van der Waals surface area (Å²) in [6, 6.07) is 0. The Morgan fingerprint density at radius 1 is 1.36 bits per heavy atom. The molecule has 0 unspecified atom stereocenters. The Hall–Kier alpha value is -1.66. The molecule has 6 heteroatoms. The highest BCUT2D eigenvalue weighted by molar-refractivity contribution is 6.01. The zero-order chi connectivity index (χ0) is 20.6. The lowest BCUT2D eigenvalue weighted by atomic mass is 9.45. The molecule has 0 saturated heterocycles. The van der Waals surface area contributed by atoms with Gasteiger partial charge in [-0.2, -0.15) is 0 Å². The van der Waals surface area contributed by atoms with Crippen molar-refractivity contribution in [3.8, 4) is 0 Å². The van der Waals surface area contributed by atoms with Gasteiger partial charge in [0.15, 0.2) is 17.2 Å². The van der Waals surface area contributed by atoms with Gasteiger partial charge in [-0.1, -0.05) is 25.2 Å². The van der Waals surface area contributed by atoms with E-state index in [-0.39, 0.29) is 30.1 Å². The second-order valence-electron chi connectivity index (χ2n) is 9.37. The summed E-state index contributed by atoms with van der Waals surface area (Å²) < 4.78 is 32.0. The Labute approximate surface area is 163 Å². The maximum Gasteiger partial charge on any atom is 0.178 e. The number of carbonyl (C=O) groups is 2. The van der Waals surface area contributed by atoms with Crippen LogP contribution < -0.4 is 0 Å². The van der Waals surface area contributed by atoms with Crippen LogP contribution in [0.25, 0.3) is 0 Å². The summed E-state index contributed by atoms with van der Waals surface area (Å²) in [6.45, 7) is 6.71. The van der Waals surface area contributed by atoms with Crippen LogP contribution in [-0.4, -0.2) is 46.3 Å². The average molecular weight is 392 g/mol. The summed E-state index contributed by atoms with van der Waals surface area (Å²) in [5.41, 5.74) is -3.67. The molecule has 0 aromatic rings. The second kappa shape index (κ2) is 5.92. The predicted molar refractivity (Wildman–Crippen MR) is 98.7 cm³/mol. The first-order valence-corrected chi connectivity index (χ1v) is 9.78. The van der Waals surface area contributed by atoms with Crippen LogP contribution in [0.1, 0.15) is 33.1 Å². The molecular formula is C22H26F2O4. The third-order valence-electron chi connectivity index (χ3n) is 8.09. The van der Waals surface area contributed by atoms with Crippen LogP contribution in [0.5, 0.6) is 0 Å². The molecule has 0 aromatic carbocycles. The summed E-state index contributed by atoms with van der Waals surface area (Å²) in [7, 11) is 0. The lowest BCUT2D eigenvalue weighted by Crippen LogP contribution is -2.68. The smallest absolute Gasteiger partial charge is 0.178 e. The Morgan fingerprint density at radius 2 is 2.04 bits per heavy atom. The molecule has 0 amide bonds. The molecule has 0 radical (unpaired) electrons. The zero-order valence-corrected chi connectivity index (χ0v) is 16.1. The molecule has 3 saturated carbocycles. The van der Waals surface area contributed by atoms with E-state index in [0.29, 0.717) is 12.0 Å². The first-order chi connectivity index (χ1) is 13.0. The number of alkyl halides is 2. The SMILES string of the molecule is C=C1C[C@H]2[C@@H]3C[C@H](F)C4=CC(=O)C=C[C@]4(C)[C@@]3(F)[C@@H](O)C[C@]2(C)[C@H]1C(=O)CO. The number of ketones is 2. The number of rotatable bonds is 2. The van der Waals surface area contributed by atoms with Gasteiger partial charge in [-0.05, 0) is 55.2 Å². The van der Waals surface area contributed by atoms with Crippen LogP contribution in [0.4, 0.5) is 8.78 Å². The summed E-state index contributed by atoms with van der Waals surface area (Å²) in [5.74, 6) is -2.65. The monoisotopic (exact) mass is 392 g/mol. The Bertz CT molecular complexity index is 832. The predicted octanol–water partition coefficient (Wildman–Crippen LogP) is 2.65. The van der Waals surface area contributed by atoms with E-state index in [9.17, 15) is 19.8 Å². The van der Waals surface area contributed by atoms with Crippen molar-refractivity contribution in [2.24, 2.45) is 28.6 Å². The third-order valence-corrected chi connectivity index (χ3v) is 8.09. The maximum absolute atomic E-state index is 16.8. The van der Waals surface area contributed by atoms with Crippen molar-refractivity contribution >= 4 is 11.6 Å². The minimum Gasteiger partial charge on any atom is -0.390 e. The third kappa shape index (κ3) is 2.16. The van der Waals surface area contributed by atoms with Crippen molar-refractivity contribution in [3.63, 3.8) is 0 Å². The zero-order valence-electron chi connectivity index (χ0n) is 16.1. The maximum atomic E-state index is 16.8. The van der Waals surface area contributed by atoms with Crippen LogP contribution in [0.3, 0.4) is 0 Å². The normalized spacial score (nSPS) is 49.9. The largest absolute Gasteiger partial charge is 0.390 e. The molecule has 2 N–H and O–H groups in total. The molecule has 28 heavy (non-hydrogen) atoms. The number of allylic oxidation sites excluding steroid dienone is 5. The highest BCUT2D eigenvalue weighted by Gasteiger charge is 2.72. The van der Waals surface area contributed by atoms with Gasteiger partial charge < -0.3 is 10.2 Å². The highest BCUT2D eigenvalue weighted by Crippen LogP contribution is 2.69. The van der Waals surface area contributed by atoms with Gasteiger partial charge in [0, 0.05) is 17.3 Å². The number of hydrogen-bond acceptors (Lipinski definition) is 4. The van der Waals surface area contributed by atoms with E-state index in [1.807, 2.05) is 6.92 Å². The van der Waals surface area contributed by atoms with E-state index in [0.717, 1.165) is 6.08 Å². The molecule has 8 atom stereocenters. The number of carbonyl (C=O) groups excluding carboxylic acids is 2. The molecule has 0 aliphatic heterocycles. The quantitative estimate of drug-likeness (QED) is 0.709. The summed E-state index contributed by atoms with van der Waals surface area (Å²) in [4.78, 5) is 24.2. The van der Waals surface area contributed by atoms with Gasteiger partial charge in [-0.15, -0.1) is 0 Å². The van der Waals surface area contributed by atoms with Crippen LogP contribution in [0.2, 0.25) is 0 Å². The van der Waals surface area contributed by atoms with Crippen LogP contribution in [0, 0.1) is 28.6 Å². The molecule has 0 heterocycles. The molecule has 4 aliphatic carbocycles. The van der Waals surface area contributed by atoms with Gasteiger partial charge in [0.05, 0.1) is 6.10 Å². The van der Waals surface area contributed by atoms with Crippen molar-refractivity contribution < 1.29 is 28.6 Å². The molecule has 4 rings (SSSR count). The molecule has 0 spiro atoms. The number of hydrogen-bond donors (Lipinski definition) is 2. The van der Waals surface area contributed by atoms with Gasteiger partial charge in [0.1, 0.15) is 12.8 Å². The minimum absolute atomic E-state index is 0.0156. The number of aliphatic hydroxyl groups excluding tert-OH is 2. The Balaban J connectivity index is 1.85. The molecule has 0 bridgehead atoms. The summed E-state index contributed by atoms with van der Waals surface area (Å²) >= 11 is 0. The molecular weight excluding hydrogens is 366 g/mol. The molecule has 4 nitrogen and oxygen atoms in total. The second-order valence-corrected chi connectivity index (χ2v) is 9.37. The average Bonchev–Trinajstić information content (AvgIpc) is 2.89. The van der Waals surface area contributed by atoms with Crippen molar-refractivity contribution in [2.75, 3.05) is 6.61 Å². The molecule has 4 aliphatic rings. The fourth-order valence-corrected chi connectivity index (χ4v) is 6.85. The number of Topliss-reactive ketones (excluding diaryl/α,β-unsaturated/α-hetero) is 1. The standard InChI is InChI=1S/C22H26F2O4/c1-11-6-13-14-8-16(23)15-7-12(26)4-5-21(15,3)22(14,24)18(28)9-20(13,2)19(11)17(27)10-25/h4-5,7,13-14,16,18-19,25,28H,1,6,8-10H2,2-3H3/t13-,14-,16-,18-,19+,20-,21-,22-/m0/s1. The lowest BCUT2D eigenvalue weighted by Gasteiger charge is -2.62. The first-order valence-electron chi connectivity index (χ1n) is 9.78. The van der Waals surface area contributed by atoms with Gasteiger partial charge in [0.25, 0.3) is 0 Å². The van der Waals surface area contributed by atoms with Crippen LogP contribution >= 0.6 is 0 Å². The fraction of sp³-hybridized carbons (Fsp3) is 0.636. The van der Waals surface area contributed by atoms with Crippen molar-refractivity contribution in [1.29, 1.82) is 0 Å².